The topological polar surface area (TPSA) is 149 Å². The Morgan fingerprint density at radius 1 is 1.83 bits per heavy atom. The summed E-state index contributed by atoms with van der Waals surface area (Å²) in [5.74, 6) is 3.97. The molecule has 0 fully saturated rings. The number of nitrogen functional groups attached to an aromatic ring is 1. The van der Waals surface area contributed by atoms with E-state index in [-0.39, 0.29) is 5.95 Å². The Bertz CT molecular complexity index is 359. The molecule has 1 aromatic rings. The highest BCUT2D eigenvalue weighted by molar-refractivity contribution is 5.20. The SMILES string of the molecule is [N-]=[N+]=Nc1nc([N+](=O)[O-])nn1N. The van der Waals surface area contributed by atoms with Crippen LogP contribution in [-0.4, -0.2) is 19.8 Å². The third kappa shape index (κ3) is 1.22. The molecule has 62 valence electrons. The molecule has 12 heavy (non-hydrogen) atoms. The summed E-state index contributed by atoms with van der Waals surface area (Å²) < 4.78 is 0. The smallest absolute Gasteiger partial charge is 0.390 e. The van der Waals surface area contributed by atoms with Crippen molar-refractivity contribution >= 4 is 11.9 Å². The number of aromatic nitrogens is 3. The summed E-state index contributed by atoms with van der Waals surface area (Å²) in [4.78, 5) is 15.3. The first-order valence-corrected chi connectivity index (χ1v) is 2.56. The van der Waals surface area contributed by atoms with E-state index in [0.717, 1.165) is 0 Å². The van der Waals surface area contributed by atoms with E-state index in [1.165, 1.54) is 0 Å². The van der Waals surface area contributed by atoms with Crippen LogP contribution in [0, 0.1) is 10.1 Å². The molecule has 0 aliphatic rings. The molecule has 0 aromatic carbocycles. The fourth-order valence-electron chi connectivity index (χ4n) is 0.490. The molecule has 0 amide bonds. The van der Waals surface area contributed by atoms with Gasteiger partial charge in [0.1, 0.15) is 0 Å². The zero-order valence-electron chi connectivity index (χ0n) is 5.52. The second-order valence-corrected chi connectivity index (χ2v) is 1.60. The summed E-state index contributed by atoms with van der Waals surface area (Å²) in [7, 11) is 0. The van der Waals surface area contributed by atoms with Gasteiger partial charge in [0.15, 0.2) is 0 Å². The number of hydrogen-bond acceptors (Lipinski definition) is 6. The monoisotopic (exact) mass is 170 g/mol. The van der Waals surface area contributed by atoms with Crippen LogP contribution in [0.1, 0.15) is 0 Å². The highest BCUT2D eigenvalue weighted by Crippen LogP contribution is 2.10. The molecule has 10 heteroatoms. The van der Waals surface area contributed by atoms with Gasteiger partial charge < -0.3 is 16.0 Å². The molecule has 10 nitrogen and oxygen atoms in total. The average Bonchev–Trinajstić information content (AvgIpc) is 2.34. The standard InChI is InChI=1S/C2H2N8O2/c3-8-6-1-5-2(10(11)12)7-9(1)4/h4H2. The molecule has 0 radical (unpaired) electrons. The van der Waals surface area contributed by atoms with E-state index in [0.29, 0.717) is 4.79 Å². The molecule has 0 saturated heterocycles. The molecule has 1 aromatic heterocycles. The van der Waals surface area contributed by atoms with E-state index in [9.17, 15) is 10.1 Å². The Morgan fingerprint density at radius 2 is 2.50 bits per heavy atom. The first-order chi connectivity index (χ1) is 5.65. The van der Waals surface area contributed by atoms with Crippen LogP contribution >= 0.6 is 0 Å². The molecule has 0 saturated carbocycles. The molecule has 2 N–H and O–H groups in total. The molecule has 0 aliphatic carbocycles. The Balaban J connectivity index is 3.16. The van der Waals surface area contributed by atoms with Crippen LogP contribution in [0.25, 0.3) is 10.4 Å². The maximum Gasteiger partial charge on any atom is 0.493 e. The van der Waals surface area contributed by atoms with Gasteiger partial charge in [-0.05, 0) is 15.4 Å². The van der Waals surface area contributed by atoms with Crippen LogP contribution in [0.2, 0.25) is 0 Å². The first kappa shape index (κ1) is 7.75. The summed E-state index contributed by atoms with van der Waals surface area (Å²) in [5.41, 5.74) is 7.94. The predicted octanol–water partition coefficient (Wildman–Crippen LogP) is -0.158. The van der Waals surface area contributed by atoms with Gasteiger partial charge in [-0.15, -0.1) is 0 Å². The molecule has 1 rings (SSSR count). The number of nitrogens with two attached hydrogens (primary N) is 1. The van der Waals surface area contributed by atoms with Crippen LogP contribution < -0.4 is 5.84 Å². The van der Waals surface area contributed by atoms with E-state index in [2.05, 4.69) is 20.1 Å². The fraction of sp³-hybridized carbons (Fsp3) is 0. The lowest BCUT2D eigenvalue weighted by Crippen LogP contribution is -2.09. The second-order valence-electron chi connectivity index (χ2n) is 1.60. The Morgan fingerprint density at radius 3 is 2.92 bits per heavy atom. The fourth-order valence-corrected chi connectivity index (χ4v) is 0.490. The molecule has 1 heterocycles. The molecule has 0 atom stereocenters. The van der Waals surface area contributed by atoms with Crippen molar-refractivity contribution in [2.45, 2.75) is 0 Å². The van der Waals surface area contributed by atoms with Crippen LogP contribution in [0.3, 0.4) is 0 Å². The van der Waals surface area contributed by atoms with Gasteiger partial charge in [-0.2, -0.15) is 0 Å². The van der Waals surface area contributed by atoms with Gasteiger partial charge in [-0.25, -0.2) is 0 Å². The summed E-state index contributed by atoms with van der Waals surface area (Å²) in [6, 6.07) is 0. The highest BCUT2D eigenvalue weighted by atomic mass is 16.6. The summed E-state index contributed by atoms with van der Waals surface area (Å²) in [5, 5.41) is 16.1. The Hall–Kier alpha value is -2.35. The third-order valence-corrected chi connectivity index (χ3v) is 0.900. The molecule has 0 bridgehead atoms. The van der Waals surface area contributed by atoms with Crippen molar-refractivity contribution in [1.29, 1.82) is 0 Å². The third-order valence-electron chi connectivity index (χ3n) is 0.900. The van der Waals surface area contributed by atoms with Crippen molar-refractivity contribution in [3.63, 3.8) is 0 Å². The van der Waals surface area contributed by atoms with Crippen LogP contribution in [0.5, 0.6) is 0 Å². The van der Waals surface area contributed by atoms with Crippen molar-refractivity contribution in [3.05, 3.63) is 20.6 Å². The minimum Gasteiger partial charge on any atom is -0.390 e. The Labute approximate surface area is 64.4 Å². The molecule has 0 spiro atoms. The number of azide groups is 1. The molecular formula is C2H2N8O2. The van der Waals surface area contributed by atoms with Crippen molar-refractivity contribution in [2.24, 2.45) is 5.11 Å². The lowest BCUT2D eigenvalue weighted by atomic mass is 11.0. The van der Waals surface area contributed by atoms with Crippen molar-refractivity contribution < 1.29 is 4.92 Å². The Kier molecular flexibility index (Phi) is 1.76. The number of nitrogens with zero attached hydrogens (tertiary/aromatic N) is 7. The van der Waals surface area contributed by atoms with E-state index in [4.69, 9.17) is 11.4 Å². The van der Waals surface area contributed by atoms with Crippen LogP contribution in [0.15, 0.2) is 5.11 Å². The predicted molar refractivity (Wildman–Crippen MR) is 35.6 cm³/mol. The normalized spacial score (nSPS) is 9.00. The van der Waals surface area contributed by atoms with Crippen molar-refractivity contribution in [2.75, 3.05) is 5.84 Å². The quantitative estimate of drug-likeness (QED) is 0.163. The first-order valence-electron chi connectivity index (χ1n) is 2.56. The van der Waals surface area contributed by atoms with Crippen LogP contribution in [0.4, 0.5) is 11.9 Å². The van der Waals surface area contributed by atoms with Crippen molar-refractivity contribution in [3.8, 4) is 0 Å². The zero-order chi connectivity index (χ0) is 9.14. The largest absolute Gasteiger partial charge is 0.493 e. The number of rotatable bonds is 2. The number of hydrogen-bond donors (Lipinski definition) is 1. The van der Waals surface area contributed by atoms with Gasteiger partial charge >= 0.3 is 11.9 Å². The average molecular weight is 170 g/mol. The van der Waals surface area contributed by atoms with E-state index >= 15 is 0 Å². The van der Waals surface area contributed by atoms with E-state index in [1.807, 2.05) is 0 Å². The lowest BCUT2D eigenvalue weighted by Gasteiger charge is -1.81. The van der Waals surface area contributed by atoms with Crippen molar-refractivity contribution in [1.82, 2.24) is 14.9 Å². The van der Waals surface area contributed by atoms with Gasteiger partial charge in [-0.3, -0.25) is 0 Å². The molecular weight excluding hydrogens is 168 g/mol. The highest BCUT2D eigenvalue weighted by Gasteiger charge is 2.18. The maximum atomic E-state index is 10.0. The van der Waals surface area contributed by atoms with Gasteiger partial charge in [0.05, 0.1) is 5.10 Å². The second kappa shape index (κ2) is 2.72. The summed E-state index contributed by atoms with van der Waals surface area (Å²) in [6.07, 6.45) is 0. The lowest BCUT2D eigenvalue weighted by molar-refractivity contribution is -0.394. The maximum absolute atomic E-state index is 10.0. The zero-order valence-corrected chi connectivity index (χ0v) is 5.52. The van der Waals surface area contributed by atoms with Crippen LogP contribution in [-0.2, 0) is 0 Å². The minimum atomic E-state index is -0.847. The van der Waals surface area contributed by atoms with E-state index in [1.54, 1.807) is 0 Å². The molecule has 0 aliphatic heterocycles. The molecule has 0 unspecified atom stereocenters. The van der Waals surface area contributed by atoms with Gasteiger partial charge in [0.25, 0.3) is 0 Å². The van der Waals surface area contributed by atoms with Gasteiger partial charge in [-0.1, -0.05) is 4.79 Å². The van der Waals surface area contributed by atoms with E-state index < -0.39 is 10.9 Å². The minimum absolute atomic E-state index is 0.357. The number of nitro groups is 1. The van der Waals surface area contributed by atoms with Gasteiger partial charge in [0, 0.05) is 10.0 Å². The summed E-state index contributed by atoms with van der Waals surface area (Å²) in [6.45, 7) is 0. The van der Waals surface area contributed by atoms with Gasteiger partial charge in [0.2, 0.25) is 0 Å². The summed E-state index contributed by atoms with van der Waals surface area (Å²) >= 11 is 0.